The fourth-order valence-corrected chi connectivity index (χ4v) is 2.75. The summed E-state index contributed by atoms with van der Waals surface area (Å²) in [5.74, 6) is 0.887. The van der Waals surface area contributed by atoms with E-state index in [9.17, 15) is 5.11 Å². The smallest absolute Gasteiger partial charge is 0.119 e. The zero-order valence-electron chi connectivity index (χ0n) is 12.0. The second kappa shape index (κ2) is 6.40. The van der Waals surface area contributed by atoms with Crippen LogP contribution in [0, 0.1) is 0 Å². The molecule has 19 heavy (non-hydrogen) atoms. The van der Waals surface area contributed by atoms with Crippen LogP contribution in [0.5, 0.6) is 5.75 Å². The van der Waals surface area contributed by atoms with Crippen molar-refractivity contribution in [1.82, 2.24) is 5.32 Å². The van der Waals surface area contributed by atoms with Crippen LogP contribution < -0.4 is 10.1 Å². The van der Waals surface area contributed by atoms with Gasteiger partial charge in [0, 0.05) is 6.04 Å². The zero-order valence-corrected chi connectivity index (χ0v) is 12.0. The van der Waals surface area contributed by atoms with E-state index in [4.69, 9.17) is 4.74 Å². The standard InChI is InChI=1S/C16H25NO2/c1-3-12-19-15-6-4-13(5-7-15)16(18)10-8-14(17-2)9-11-16/h4-7,14,17-18H,3,8-12H2,1-2H3. The van der Waals surface area contributed by atoms with E-state index in [0.717, 1.165) is 50.0 Å². The van der Waals surface area contributed by atoms with E-state index >= 15 is 0 Å². The van der Waals surface area contributed by atoms with Gasteiger partial charge >= 0.3 is 0 Å². The largest absolute Gasteiger partial charge is 0.494 e. The van der Waals surface area contributed by atoms with Crippen LogP contribution in [0.3, 0.4) is 0 Å². The Morgan fingerprint density at radius 2 is 1.89 bits per heavy atom. The van der Waals surface area contributed by atoms with E-state index < -0.39 is 5.60 Å². The van der Waals surface area contributed by atoms with Crippen LogP contribution in [-0.4, -0.2) is 24.8 Å². The minimum Gasteiger partial charge on any atom is -0.494 e. The van der Waals surface area contributed by atoms with Gasteiger partial charge in [-0.05, 0) is 56.8 Å². The van der Waals surface area contributed by atoms with E-state index in [0.29, 0.717) is 6.04 Å². The molecular weight excluding hydrogens is 238 g/mol. The molecule has 0 atom stereocenters. The summed E-state index contributed by atoms with van der Waals surface area (Å²) < 4.78 is 5.57. The third-order valence-corrected chi connectivity index (χ3v) is 4.09. The summed E-state index contributed by atoms with van der Waals surface area (Å²) >= 11 is 0. The maximum Gasteiger partial charge on any atom is 0.119 e. The van der Waals surface area contributed by atoms with Gasteiger partial charge in [0.1, 0.15) is 5.75 Å². The van der Waals surface area contributed by atoms with E-state index in [1.54, 1.807) is 0 Å². The number of hydrogen-bond acceptors (Lipinski definition) is 3. The van der Waals surface area contributed by atoms with Crippen molar-refractivity contribution < 1.29 is 9.84 Å². The Balaban J connectivity index is 2.01. The Morgan fingerprint density at radius 1 is 1.26 bits per heavy atom. The summed E-state index contributed by atoms with van der Waals surface area (Å²) in [7, 11) is 1.99. The van der Waals surface area contributed by atoms with Gasteiger partial charge in [0.2, 0.25) is 0 Å². The Morgan fingerprint density at radius 3 is 2.42 bits per heavy atom. The number of ether oxygens (including phenoxy) is 1. The minimum atomic E-state index is -0.656. The van der Waals surface area contributed by atoms with Crippen molar-refractivity contribution in [3.8, 4) is 5.75 Å². The summed E-state index contributed by atoms with van der Waals surface area (Å²) in [5.41, 5.74) is 0.363. The Kier molecular flexibility index (Phi) is 4.83. The molecule has 3 nitrogen and oxygen atoms in total. The zero-order chi connectivity index (χ0) is 13.7. The van der Waals surface area contributed by atoms with Gasteiger partial charge in [-0.2, -0.15) is 0 Å². The van der Waals surface area contributed by atoms with Crippen LogP contribution in [0.25, 0.3) is 0 Å². The number of rotatable bonds is 5. The normalized spacial score (nSPS) is 27.2. The van der Waals surface area contributed by atoms with Gasteiger partial charge in [-0.1, -0.05) is 19.1 Å². The highest BCUT2D eigenvalue weighted by atomic mass is 16.5. The summed E-state index contributed by atoms with van der Waals surface area (Å²) in [4.78, 5) is 0. The SMILES string of the molecule is CCCOc1ccc(C2(O)CCC(NC)CC2)cc1. The van der Waals surface area contributed by atoms with Crippen molar-refractivity contribution in [3.05, 3.63) is 29.8 Å². The average Bonchev–Trinajstić information content (AvgIpc) is 2.46. The first-order chi connectivity index (χ1) is 9.18. The Hall–Kier alpha value is -1.06. The molecule has 3 heteroatoms. The highest BCUT2D eigenvalue weighted by Crippen LogP contribution is 2.37. The molecule has 1 fully saturated rings. The summed E-state index contributed by atoms with van der Waals surface area (Å²) in [6, 6.07) is 8.49. The van der Waals surface area contributed by atoms with Gasteiger partial charge in [0.15, 0.2) is 0 Å². The van der Waals surface area contributed by atoms with Crippen LogP contribution in [0.1, 0.15) is 44.6 Å². The van der Waals surface area contributed by atoms with E-state index in [-0.39, 0.29) is 0 Å². The number of nitrogens with one attached hydrogen (secondary N) is 1. The van der Waals surface area contributed by atoms with Crippen molar-refractivity contribution in [2.24, 2.45) is 0 Å². The summed E-state index contributed by atoms with van der Waals surface area (Å²) in [6.07, 6.45) is 4.72. The first-order valence-corrected chi connectivity index (χ1v) is 7.31. The first kappa shape index (κ1) is 14.4. The molecule has 106 valence electrons. The minimum absolute atomic E-state index is 0.549. The highest BCUT2D eigenvalue weighted by Gasteiger charge is 2.34. The molecule has 1 aliphatic carbocycles. The molecule has 1 aromatic rings. The molecule has 0 saturated heterocycles. The van der Waals surface area contributed by atoms with E-state index in [2.05, 4.69) is 12.2 Å². The van der Waals surface area contributed by atoms with Gasteiger partial charge in [-0.25, -0.2) is 0 Å². The molecule has 0 spiro atoms. The predicted octanol–water partition coefficient (Wildman–Crippen LogP) is 2.83. The fraction of sp³-hybridized carbons (Fsp3) is 0.625. The molecule has 0 unspecified atom stereocenters. The van der Waals surface area contributed by atoms with Crippen molar-refractivity contribution in [2.45, 2.75) is 50.7 Å². The highest BCUT2D eigenvalue weighted by molar-refractivity contribution is 5.31. The number of benzene rings is 1. The van der Waals surface area contributed by atoms with Gasteiger partial charge in [-0.3, -0.25) is 0 Å². The van der Waals surface area contributed by atoms with Gasteiger partial charge in [0.05, 0.1) is 12.2 Å². The van der Waals surface area contributed by atoms with Gasteiger partial charge < -0.3 is 15.2 Å². The van der Waals surface area contributed by atoms with Crippen molar-refractivity contribution in [2.75, 3.05) is 13.7 Å². The van der Waals surface area contributed by atoms with E-state index in [1.165, 1.54) is 0 Å². The molecule has 0 bridgehead atoms. The average molecular weight is 263 g/mol. The Bertz CT molecular complexity index is 380. The lowest BCUT2D eigenvalue weighted by Crippen LogP contribution is -2.38. The molecule has 1 aliphatic rings. The molecule has 2 rings (SSSR count). The third kappa shape index (κ3) is 3.48. The topological polar surface area (TPSA) is 41.5 Å². The molecular formula is C16H25NO2. The number of hydrogen-bond donors (Lipinski definition) is 2. The lowest BCUT2D eigenvalue weighted by atomic mass is 9.78. The molecule has 0 amide bonds. The van der Waals surface area contributed by atoms with Crippen molar-refractivity contribution in [3.63, 3.8) is 0 Å². The maximum atomic E-state index is 10.8. The summed E-state index contributed by atoms with van der Waals surface area (Å²) in [5, 5.41) is 14.0. The quantitative estimate of drug-likeness (QED) is 0.858. The van der Waals surface area contributed by atoms with E-state index in [1.807, 2.05) is 31.3 Å². The molecule has 0 aromatic heterocycles. The molecule has 2 N–H and O–H groups in total. The Labute approximate surface area is 116 Å². The molecule has 0 radical (unpaired) electrons. The third-order valence-electron chi connectivity index (χ3n) is 4.09. The van der Waals surface area contributed by atoms with Gasteiger partial charge in [-0.15, -0.1) is 0 Å². The molecule has 0 aliphatic heterocycles. The predicted molar refractivity (Wildman–Crippen MR) is 77.4 cm³/mol. The molecule has 1 saturated carbocycles. The first-order valence-electron chi connectivity index (χ1n) is 7.31. The molecule has 1 aromatic carbocycles. The lowest BCUT2D eigenvalue weighted by molar-refractivity contribution is -0.00766. The van der Waals surface area contributed by atoms with Gasteiger partial charge in [0.25, 0.3) is 0 Å². The second-order valence-electron chi connectivity index (χ2n) is 5.47. The van der Waals surface area contributed by atoms with Crippen molar-refractivity contribution in [1.29, 1.82) is 0 Å². The van der Waals surface area contributed by atoms with Crippen LogP contribution in [0.15, 0.2) is 24.3 Å². The second-order valence-corrected chi connectivity index (χ2v) is 5.47. The number of aliphatic hydroxyl groups is 1. The van der Waals surface area contributed by atoms with Crippen LogP contribution in [-0.2, 0) is 5.60 Å². The van der Waals surface area contributed by atoms with Crippen LogP contribution in [0.4, 0.5) is 0 Å². The van der Waals surface area contributed by atoms with Crippen LogP contribution in [0.2, 0.25) is 0 Å². The lowest BCUT2D eigenvalue weighted by Gasteiger charge is -2.36. The molecule has 0 heterocycles. The summed E-state index contributed by atoms with van der Waals surface area (Å²) in [6.45, 7) is 2.84. The van der Waals surface area contributed by atoms with Crippen LogP contribution >= 0.6 is 0 Å². The monoisotopic (exact) mass is 263 g/mol. The van der Waals surface area contributed by atoms with Crippen molar-refractivity contribution >= 4 is 0 Å². The maximum absolute atomic E-state index is 10.8. The fourth-order valence-electron chi connectivity index (χ4n) is 2.75.